The van der Waals surface area contributed by atoms with E-state index in [-0.39, 0.29) is 24.1 Å². The average molecular weight is 285 g/mol. The second-order valence-corrected chi connectivity index (χ2v) is 5.72. The van der Waals surface area contributed by atoms with Gasteiger partial charge in [-0.2, -0.15) is 0 Å². The Morgan fingerprint density at radius 2 is 2.05 bits per heavy atom. The summed E-state index contributed by atoms with van der Waals surface area (Å²) >= 11 is 0. The number of nitrogens with zero attached hydrogens (tertiary/aromatic N) is 1. The summed E-state index contributed by atoms with van der Waals surface area (Å²) in [4.78, 5) is 13.9. The minimum Gasteiger partial charge on any atom is -0.469 e. The molecule has 5 nitrogen and oxygen atoms in total. The van der Waals surface area contributed by atoms with E-state index in [1.807, 2.05) is 0 Å². The zero-order valence-corrected chi connectivity index (χ0v) is 12.7. The van der Waals surface area contributed by atoms with Gasteiger partial charge in [0.05, 0.1) is 38.4 Å². The van der Waals surface area contributed by atoms with Crippen LogP contribution in [0.4, 0.5) is 0 Å². The Kier molecular flexibility index (Phi) is 6.26. The molecule has 1 saturated carbocycles. The molecule has 1 unspecified atom stereocenters. The van der Waals surface area contributed by atoms with Crippen LogP contribution in [0.15, 0.2) is 0 Å². The Bertz CT molecular complexity index is 302. The maximum Gasteiger partial charge on any atom is 0.308 e. The number of carbonyl (C=O) groups excluding carboxylic acids is 1. The Morgan fingerprint density at radius 1 is 1.30 bits per heavy atom. The molecule has 0 spiro atoms. The van der Waals surface area contributed by atoms with Gasteiger partial charge < -0.3 is 14.2 Å². The number of hydrogen-bond donors (Lipinski definition) is 0. The lowest BCUT2D eigenvalue weighted by molar-refractivity contribution is -0.148. The SMILES string of the molecule is CCN1CCOC(COC2CCC(C(=O)OC)CC2)C1. The van der Waals surface area contributed by atoms with E-state index in [9.17, 15) is 4.79 Å². The second kappa shape index (κ2) is 7.96. The molecule has 1 heterocycles. The summed E-state index contributed by atoms with van der Waals surface area (Å²) in [5.41, 5.74) is 0. The topological polar surface area (TPSA) is 48.0 Å². The summed E-state index contributed by atoms with van der Waals surface area (Å²) in [6, 6.07) is 0. The molecule has 0 aromatic heterocycles. The third-order valence-electron chi connectivity index (χ3n) is 4.40. The predicted octanol–water partition coefficient (Wildman–Crippen LogP) is 1.46. The molecule has 0 aromatic carbocycles. The van der Waals surface area contributed by atoms with Crippen LogP contribution in [0.2, 0.25) is 0 Å². The standard InChI is InChI=1S/C15H27NO4/c1-3-16-8-9-19-14(10-16)11-20-13-6-4-12(5-7-13)15(17)18-2/h12-14H,3-11H2,1-2H3. The Balaban J connectivity index is 1.64. The van der Waals surface area contributed by atoms with E-state index in [0.717, 1.165) is 51.9 Å². The Hall–Kier alpha value is -0.650. The lowest BCUT2D eigenvalue weighted by atomic mass is 9.87. The highest BCUT2D eigenvalue weighted by Gasteiger charge is 2.28. The minimum atomic E-state index is -0.0716. The first-order chi connectivity index (χ1) is 9.72. The minimum absolute atomic E-state index is 0.0707. The van der Waals surface area contributed by atoms with Gasteiger partial charge in [-0.3, -0.25) is 9.69 Å². The molecular formula is C15H27NO4. The van der Waals surface area contributed by atoms with Crippen LogP contribution in [-0.2, 0) is 19.0 Å². The molecule has 116 valence electrons. The van der Waals surface area contributed by atoms with Crippen LogP contribution in [0.5, 0.6) is 0 Å². The lowest BCUT2D eigenvalue weighted by Gasteiger charge is -2.33. The number of esters is 1. The number of rotatable bonds is 5. The maximum atomic E-state index is 11.5. The fraction of sp³-hybridized carbons (Fsp3) is 0.933. The smallest absolute Gasteiger partial charge is 0.308 e. The normalized spacial score (nSPS) is 32.0. The van der Waals surface area contributed by atoms with E-state index >= 15 is 0 Å². The number of morpholine rings is 1. The quantitative estimate of drug-likeness (QED) is 0.716. The van der Waals surface area contributed by atoms with Gasteiger partial charge in [-0.25, -0.2) is 0 Å². The van der Waals surface area contributed by atoms with Crippen LogP contribution in [0.1, 0.15) is 32.6 Å². The first-order valence-corrected chi connectivity index (χ1v) is 7.76. The van der Waals surface area contributed by atoms with Crippen molar-refractivity contribution in [2.75, 3.05) is 40.0 Å². The van der Waals surface area contributed by atoms with Gasteiger partial charge in [-0.1, -0.05) is 6.92 Å². The van der Waals surface area contributed by atoms with Crippen molar-refractivity contribution in [1.29, 1.82) is 0 Å². The van der Waals surface area contributed by atoms with Crippen molar-refractivity contribution < 1.29 is 19.0 Å². The molecule has 0 aromatic rings. The summed E-state index contributed by atoms with van der Waals surface area (Å²) < 4.78 is 16.5. The first-order valence-electron chi connectivity index (χ1n) is 7.76. The molecule has 1 atom stereocenters. The fourth-order valence-electron chi connectivity index (χ4n) is 3.04. The molecular weight excluding hydrogens is 258 g/mol. The van der Waals surface area contributed by atoms with Gasteiger partial charge in [0.1, 0.15) is 0 Å². The Morgan fingerprint density at radius 3 is 2.70 bits per heavy atom. The molecule has 5 heteroatoms. The maximum absolute atomic E-state index is 11.5. The second-order valence-electron chi connectivity index (χ2n) is 5.72. The summed E-state index contributed by atoms with van der Waals surface area (Å²) in [6.45, 7) is 6.72. The van der Waals surface area contributed by atoms with Crippen molar-refractivity contribution in [3.05, 3.63) is 0 Å². The van der Waals surface area contributed by atoms with Crippen LogP contribution in [0, 0.1) is 5.92 Å². The molecule has 20 heavy (non-hydrogen) atoms. The van der Waals surface area contributed by atoms with Crippen molar-refractivity contribution >= 4 is 5.97 Å². The van der Waals surface area contributed by atoms with E-state index in [0.29, 0.717) is 6.61 Å². The lowest BCUT2D eigenvalue weighted by Crippen LogP contribution is -2.44. The first kappa shape index (κ1) is 15.7. The van der Waals surface area contributed by atoms with E-state index in [1.54, 1.807) is 0 Å². The van der Waals surface area contributed by atoms with E-state index in [4.69, 9.17) is 14.2 Å². The number of hydrogen-bond acceptors (Lipinski definition) is 5. The van der Waals surface area contributed by atoms with Crippen LogP contribution in [0.25, 0.3) is 0 Å². The van der Waals surface area contributed by atoms with E-state index < -0.39 is 0 Å². The molecule has 1 aliphatic heterocycles. The summed E-state index contributed by atoms with van der Waals surface area (Å²) in [6.07, 6.45) is 4.13. The monoisotopic (exact) mass is 285 g/mol. The highest BCUT2D eigenvalue weighted by Crippen LogP contribution is 2.27. The zero-order chi connectivity index (χ0) is 14.4. The third-order valence-corrected chi connectivity index (χ3v) is 4.40. The van der Waals surface area contributed by atoms with Crippen molar-refractivity contribution in [1.82, 2.24) is 4.90 Å². The summed E-state index contributed by atoms with van der Waals surface area (Å²) in [7, 11) is 1.46. The zero-order valence-electron chi connectivity index (χ0n) is 12.7. The van der Waals surface area contributed by atoms with Crippen LogP contribution in [0.3, 0.4) is 0 Å². The van der Waals surface area contributed by atoms with Gasteiger partial charge in [0.15, 0.2) is 0 Å². The predicted molar refractivity (Wildman–Crippen MR) is 75.6 cm³/mol. The molecule has 2 aliphatic rings. The van der Waals surface area contributed by atoms with E-state index in [2.05, 4.69) is 11.8 Å². The van der Waals surface area contributed by atoms with Gasteiger partial charge in [-0.15, -0.1) is 0 Å². The molecule has 1 aliphatic carbocycles. The number of likely N-dealkylation sites (N-methyl/N-ethyl adjacent to an activating group) is 1. The van der Waals surface area contributed by atoms with Crippen molar-refractivity contribution in [2.24, 2.45) is 5.92 Å². The number of methoxy groups -OCH3 is 1. The third kappa shape index (κ3) is 4.43. The molecule has 2 fully saturated rings. The molecule has 2 rings (SSSR count). The largest absolute Gasteiger partial charge is 0.469 e. The molecule has 0 radical (unpaired) electrons. The van der Waals surface area contributed by atoms with Crippen molar-refractivity contribution in [2.45, 2.75) is 44.8 Å². The van der Waals surface area contributed by atoms with Gasteiger partial charge in [0, 0.05) is 13.1 Å². The summed E-state index contributed by atoms with van der Waals surface area (Å²) in [5.74, 6) is -0.000912. The molecule has 0 N–H and O–H groups in total. The highest BCUT2D eigenvalue weighted by atomic mass is 16.5. The molecule has 1 saturated heterocycles. The van der Waals surface area contributed by atoms with Gasteiger partial charge >= 0.3 is 5.97 Å². The highest BCUT2D eigenvalue weighted by molar-refractivity contribution is 5.72. The molecule has 0 amide bonds. The fourth-order valence-corrected chi connectivity index (χ4v) is 3.04. The van der Waals surface area contributed by atoms with Crippen LogP contribution >= 0.6 is 0 Å². The molecule has 0 bridgehead atoms. The van der Waals surface area contributed by atoms with Gasteiger partial charge in [0.25, 0.3) is 0 Å². The average Bonchev–Trinajstić information content (AvgIpc) is 2.53. The van der Waals surface area contributed by atoms with Crippen molar-refractivity contribution in [3.63, 3.8) is 0 Å². The van der Waals surface area contributed by atoms with Gasteiger partial charge in [0.2, 0.25) is 0 Å². The number of ether oxygens (including phenoxy) is 3. The van der Waals surface area contributed by atoms with Crippen molar-refractivity contribution in [3.8, 4) is 0 Å². The Labute approximate surface area is 121 Å². The van der Waals surface area contributed by atoms with Crippen LogP contribution < -0.4 is 0 Å². The van der Waals surface area contributed by atoms with E-state index in [1.165, 1.54) is 7.11 Å². The summed E-state index contributed by atoms with van der Waals surface area (Å²) in [5, 5.41) is 0. The van der Waals surface area contributed by atoms with Crippen LogP contribution in [-0.4, -0.2) is 63.0 Å². The number of carbonyl (C=O) groups is 1. The van der Waals surface area contributed by atoms with Gasteiger partial charge in [-0.05, 0) is 32.2 Å².